The minimum atomic E-state index is -0.487. The summed E-state index contributed by atoms with van der Waals surface area (Å²) in [6, 6.07) is 3.97. The minimum absolute atomic E-state index is 0.000833. The predicted molar refractivity (Wildman–Crippen MR) is 60.7 cm³/mol. The zero-order chi connectivity index (χ0) is 10.6. The largest absolute Gasteiger partial charge is 0.351 e. The van der Waals surface area contributed by atoms with Crippen molar-refractivity contribution in [2.45, 2.75) is 20.4 Å². The van der Waals surface area contributed by atoms with Crippen LogP contribution in [0.3, 0.4) is 0 Å². The average Bonchev–Trinajstić information content (AvgIpc) is 2.66. The molecule has 0 saturated carbocycles. The van der Waals surface area contributed by atoms with Crippen molar-refractivity contribution in [3.8, 4) is 0 Å². The van der Waals surface area contributed by atoms with Crippen LogP contribution in [0, 0.1) is 5.41 Å². The monoisotopic (exact) mass is 231 g/mol. The Kier molecular flexibility index (Phi) is 3.96. The van der Waals surface area contributed by atoms with Gasteiger partial charge in [-0.1, -0.05) is 6.07 Å². The van der Waals surface area contributed by atoms with E-state index in [9.17, 15) is 4.79 Å². The van der Waals surface area contributed by atoms with Crippen LogP contribution in [-0.4, -0.2) is 11.8 Å². The summed E-state index contributed by atoms with van der Waals surface area (Å²) in [5.41, 5.74) is -0.487. The molecule has 0 radical (unpaired) electrons. The van der Waals surface area contributed by atoms with Crippen LogP contribution in [0.2, 0.25) is 0 Å². The van der Waals surface area contributed by atoms with Crippen molar-refractivity contribution in [3.63, 3.8) is 0 Å². The van der Waals surface area contributed by atoms with E-state index in [2.05, 4.69) is 5.32 Å². The first kappa shape index (κ1) is 11.5. The highest BCUT2D eigenvalue weighted by atomic mass is 35.5. The van der Waals surface area contributed by atoms with Gasteiger partial charge in [0.2, 0.25) is 5.91 Å². The highest BCUT2D eigenvalue weighted by Crippen LogP contribution is 2.17. The Morgan fingerprint density at radius 3 is 2.86 bits per heavy atom. The van der Waals surface area contributed by atoms with Gasteiger partial charge in [0.25, 0.3) is 0 Å². The number of thiophene rings is 1. The lowest BCUT2D eigenvalue weighted by molar-refractivity contribution is -0.128. The van der Waals surface area contributed by atoms with Gasteiger partial charge in [-0.05, 0) is 25.3 Å². The number of carbonyl (C=O) groups is 1. The fraction of sp³-hybridized carbons (Fsp3) is 0.500. The van der Waals surface area contributed by atoms with Crippen molar-refractivity contribution >= 4 is 28.8 Å². The lowest BCUT2D eigenvalue weighted by atomic mass is 9.95. The van der Waals surface area contributed by atoms with Crippen LogP contribution in [0.4, 0.5) is 0 Å². The summed E-state index contributed by atoms with van der Waals surface area (Å²) < 4.78 is 0. The summed E-state index contributed by atoms with van der Waals surface area (Å²) in [5, 5.41) is 4.86. The maximum Gasteiger partial charge on any atom is 0.227 e. The van der Waals surface area contributed by atoms with Gasteiger partial charge in [0.15, 0.2) is 0 Å². The van der Waals surface area contributed by atoms with Crippen molar-refractivity contribution in [2.24, 2.45) is 5.41 Å². The number of alkyl halides is 1. The Morgan fingerprint density at radius 1 is 1.64 bits per heavy atom. The van der Waals surface area contributed by atoms with Crippen molar-refractivity contribution in [3.05, 3.63) is 22.4 Å². The van der Waals surface area contributed by atoms with Gasteiger partial charge in [0, 0.05) is 10.8 Å². The maximum atomic E-state index is 11.6. The van der Waals surface area contributed by atoms with Crippen LogP contribution in [0.25, 0.3) is 0 Å². The topological polar surface area (TPSA) is 29.1 Å². The van der Waals surface area contributed by atoms with Crippen molar-refractivity contribution < 1.29 is 4.79 Å². The zero-order valence-corrected chi connectivity index (χ0v) is 9.91. The fourth-order valence-electron chi connectivity index (χ4n) is 0.881. The van der Waals surface area contributed by atoms with E-state index >= 15 is 0 Å². The standard InChI is InChI=1S/C10H14ClNOS/c1-10(2,7-11)9(13)12-6-8-4-3-5-14-8/h3-5H,6-7H2,1-2H3,(H,12,13). The molecule has 4 heteroatoms. The molecule has 1 heterocycles. The van der Waals surface area contributed by atoms with E-state index in [0.717, 1.165) is 4.88 Å². The SMILES string of the molecule is CC(C)(CCl)C(=O)NCc1cccs1. The molecule has 78 valence electrons. The van der Waals surface area contributed by atoms with Crippen molar-refractivity contribution in [1.82, 2.24) is 5.32 Å². The second-order valence-corrected chi connectivity index (χ2v) is 5.08. The van der Waals surface area contributed by atoms with Gasteiger partial charge in [-0.2, -0.15) is 0 Å². The second-order valence-electron chi connectivity index (χ2n) is 3.78. The molecule has 1 amide bonds. The predicted octanol–water partition coefficient (Wildman–Crippen LogP) is 2.63. The molecule has 1 aromatic heterocycles. The zero-order valence-electron chi connectivity index (χ0n) is 8.34. The molecule has 0 unspecified atom stereocenters. The van der Waals surface area contributed by atoms with E-state index in [4.69, 9.17) is 11.6 Å². The molecule has 0 fully saturated rings. The lowest BCUT2D eigenvalue weighted by Crippen LogP contribution is -2.37. The van der Waals surface area contributed by atoms with E-state index in [-0.39, 0.29) is 5.91 Å². The summed E-state index contributed by atoms with van der Waals surface area (Å²) in [7, 11) is 0. The molecule has 1 rings (SSSR count). The number of hydrogen-bond donors (Lipinski definition) is 1. The Balaban J connectivity index is 2.43. The highest BCUT2D eigenvalue weighted by Gasteiger charge is 2.25. The van der Waals surface area contributed by atoms with Gasteiger partial charge >= 0.3 is 0 Å². The number of amides is 1. The van der Waals surface area contributed by atoms with Gasteiger partial charge in [0.1, 0.15) is 0 Å². The molecule has 0 aliphatic heterocycles. The van der Waals surface area contributed by atoms with Gasteiger partial charge in [-0.3, -0.25) is 4.79 Å². The smallest absolute Gasteiger partial charge is 0.227 e. The molecule has 1 aromatic rings. The Labute approximate surface area is 93.3 Å². The lowest BCUT2D eigenvalue weighted by Gasteiger charge is -2.19. The van der Waals surface area contributed by atoms with Gasteiger partial charge in [-0.15, -0.1) is 22.9 Å². The first-order valence-electron chi connectivity index (χ1n) is 4.43. The molecule has 2 nitrogen and oxygen atoms in total. The number of nitrogens with one attached hydrogen (secondary N) is 1. The summed E-state index contributed by atoms with van der Waals surface area (Å²) in [6.07, 6.45) is 0. The van der Waals surface area contributed by atoms with Crippen molar-refractivity contribution in [1.29, 1.82) is 0 Å². The molecule has 0 atom stereocenters. The van der Waals surface area contributed by atoms with Gasteiger partial charge < -0.3 is 5.32 Å². The second kappa shape index (κ2) is 4.80. The molecule has 1 N–H and O–H groups in total. The molecule has 0 bridgehead atoms. The Hall–Kier alpha value is -0.540. The minimum Gasteiger partial charge on any atom is -0.351 e. The summed E-state index contributed by atoms with van der Waals surface area (Å²) in [4.78, 5) is 12.8. The molecule has 0 aliphatic rings. The number of rotatable bonds is 4. The van der Waals surface area contributed by atoms with Crippen LogP contribution < -0.4 is 5.32 Å². The summed E-state index contributed by atoms with van der Waals surface area (Å²) in [5.74, 6) is 0.337. The van der Waals surface area contributed by atoms with E-state index in [0.29, 0.717) is 12.4 Å². The molecule has 0 aromatic carbocycles. The van der Waals surface area contributed by atoms with Crippen LogP contribution in [0.1, 0.15) is 18.7 Å². The van der Waals surface area contributed by atoms with Crippen LogP contribution in [-0.2, 0) is 11.3 Å². The molecule has 0 aliphatic carbocycles. The Bertz CT molecular complexity index is 295. The number of carbonyl (C=O) groups excluding carboxylic acids is 1. The first-order valence-corrected chi connectivity index (χ1v) is 5.84. The third kappa shape index (κ3) is 3.00. The van der Waals surface area contributed by atoms with E-state index in [1.807, 2.05) is 31.4 Å². The Morgan fingerprint density at radius 2 is 2.36 bits per heavy atom. The van der Waals surface area contributed by atoms with E-state index < -0.39 is 5.41 Å². The van der Waals surface area contributed by atoms with Crippen LogP contribution in [0.15, 0.2) is 17.5 Å². The van der Waals surface area contributed by atoms with E-state index in [1.54, 1.807) is 11.3 Å². The number of halogens is 1. The normalized spacial score (nSPS) is 11.4. The van der Waals surface area contributed by atoms with Gasteiger partial charge in [0.05, 0.1) is 12.0 Å². The van der Waals surface area contributed by atoms with Crippen LogP contribution >= 0.6 is 22.9 Å². The van der Waals surface area contributed by atoms with Crippen molar-refractivity contribution in [2.75, 3.05) is 5.88 Å². The quantitative estimate of drug-likeness (QED) is 0.794. The third-order valence-corrected chi connectivity index (χ3v) is 3.50. The molecule has 0 spiro atoms. The molecular formula is C10H14ClNOS. The highest BCUT2D eigenvalue weighted by molar-refractivity contribution is 7.09. The maximum absolute atomic E-state index is 11.6. The van der Waals surface area contributed by atoms with Crippen LogP contribution in [0.5, 0.6) is 0 Å². The molecule has 14 heavy (non-hydrogen) atoms. The van der Waals surface area contributed by atoms with E-state index in [1.165, 1.54) is 0 Å². The fourth-order valence-corrected chi connectivity index (χ4v) is 1.65. The molecule has 0 saturated heterocycles. The van der Waals surface area contributed by atoms with Gasteiger partial charge in [-0.25, -0.2) is 0 Å². The number of hydrogen-bond acceptors (Lipinski definition) is 2. The summed E-state index contributed by atoms with van der Waals surface area (Å²) >= 11 is 7.33. The summed E-state index contributed by atoms with van der Waals surface area (Å²) in [6.45, 7) is 4.27. The molecular weight excluding hydrogens is 218 g/mol. The first-order chi connectivity index (χ1) is 6.56. The average molecular weight is 232 g/mol. The third-order valence-electron chi connectivity index (χ3n) is 1.95.